The number of nitrogens with zero attached hydrogens (tertiary/aromatic N) is 1. The lowest BCUT2D eigenvalue weighted by Gasteiger charge is -2.33. The van der Waals surface area contributed by atoms with E-state index in [1.807, 2.05) is 0 Å². The van der Waals surface area contributed by atoms with Gasteiger partial charge in [-0.3, -0.25) is 4.90 Å². The van der Waals surface area contributed by atoms with Crippen LogP contribution in [0.2, 0.25) is 0 Å². The van der Waals surface area contributed by atoms with Gasteiger partial charge in [-0.2, -0.15) is 0 Å². The molecule has 1 aliphatic heterocycles. The van der Waals surface area contributed by atoms with Gasteiger partial charge in [0.25, 0.3) is 0 Å². The first-order chi connectivity index (χ1) is 5.92. The van der Waals surface area contributed by atoms with Gasteiger partial charge < -0.3 is 4.74 Å². The van der Waals surface area contributed by atoms with Gasteiger partial charge in [0.2, 0.25) is 0 Å². The zero-order valence-corrected chi connectivity index (χ0v) is 7.96. The van der Waals surface area contributed by atoms with Crippen molar-refractivity contribution in [2.45, 2.75) is 44.7 Å². The first-order valence-corrected chi connectivity index (χ1v) is 5.25. The SMILES string of the molecule is CCN(C1CCOCC1)C1CC1. The van der Waals surface area contributed by atoms with Crippen molar-refractivity contribution in [2.75, 3.05) is 19.8 Å². The van der Waals surface area contributed by atoms with Crippen molar-refractivity contribution in [3.8, 4) is 0 Å². The van der Waals surface area contributed by atoms with Gasteiger partial charge in [0.05, 0.1) is 0 Å². The molecule has 2 aliphatic rings. The molecule has 12 heavy (non-hydrogen) atoms. The smallest absolute Gasteiger partial charge is 0.0480 e. The molecule has 0 bridgehead atoms. The Balaban J connectivity index is 1.85. The third-order valence-corrected chi connectivity index (χ3v) is 3.04. The molecule has 1 saturated heterocycles. The van der Waals surface area contributed by atoms with Crippen molar-refractivity contribution in [1.29, 1.82) is 0 Å². The van der Waals surface area contributed by atoms with Crippen LogP contribution in [-0.4, -0.2) is 36.7 Å². The van der Waals surface area contributed by atoms with E-state index in [9.17, 15) is 0 Å². The Kier molecular flexibility index (Phi) is 2.66. The van der Waals surface area contributed by atoms with Crippen LogP contribution in [0.15, 0.2) is 0 Å². The summed E-state index contributed by atoms with van der Waals surface area (Å²) in [4.78, 5) is 2.68. The van der Waals surface area contributed by atoms with Gasteiger partial charge in [-0.15, -0.1) is 0 Å². The molecule has 0 amide bonds. The van der Waals surface area contributed by atoms with E-state index in [1.54, 1.807) is 0 Å². The summed E-state index contributed by atoms with van der Waals surface area (Å²) in [6.45, 7) is 5.48. The summed E-state index contributed by atoms with van der Waals surface area (Å²) in [6, 6.07) is 1.76. The molecule has 1 saturated carbocycles. The highest BCUT2D eigenvalue weighted by molar-refractivity contribution is 4.88. The van der Waals surface area contributed by atoms with E-state index in [0.29, 0.717) is 0 Å². The van der Waals surface area contributed by atoms with E-state index in [0.717, 1.165) is 25.3 Å². The first kappa shape index (κ1) is 8.52. The van der Waals surface area contributed by atoms with Gasteiger partial charge in [-0.1, -0.05) is 6.92 Å². The fraction of sp³-hybridized carbons (Fsp3) is 1.00. The number of hydrogen-bond acceptors (Lipinski definition) is 2. The third kappa shape index (κ3) is 1.80. The predicted octanol–water partition coefficient (Wildman–Crippen LogP) is 1.65. The molecule has 70 valence electrons. The molecule has 0 aromatic rings. The second kappa shape index (κ2) is 3.75. The molecule has 1 aliphatic carbocycles. The van der Waals surface area contributed by atoms with Gasteiger partial charge >= 0.3 is 0 Å². The highest BCUT2D eigenvalue weighted by Gasteiger charge is 2.33. The molecule has 0 unspecified atom stereocenters. The number of rotatable bonds is 3. The van der Waals surface area contributed by atoms with E-state index in [-0.39, 0.29) is 0 Å². The maximum atomic E-state index is 5.37. The molecule has 1 heterocycles. The fourth-order valence-electron chi connectivity index (χ4n) is 2.24. The summed E-state index contributed by atoms with van der Waals surface area (Å²) in [7, 11) is 0. The molecule has 0 atom stereocenters. The Hall–Kier alpha value is -0.0800. The molecule has 2 heteroatoms. The molecule has 0 aromatic carbocycles. The second-order valence-electron chi connectivity index (χ2n) is 3.91. The van der Waals surface area contributed by atoms with Gasteiger partial charge in [0, 0.05) is 25.3 Å². The Morgan fingerprint density at radius 1 is 1.08 bits per heavy atom. The largest absolute Gasteiger partial charge is 0.381 e. The Morgan fingerprint density at radius 2 is 1.67 bits per heavy atom. The summed E-state index contributed by atoms with van der Waals surface area (Å²) in [6.07, 6.45) is 5.38. The molecular weight excluding hydrogens is 150 g/mol. The van der Waals surface area contributed by atoms with E-state index < -0.39 is 0 Å². The molecule has 0 radical (unpaired) electrons. The van der Waals surface area contributed by atoms with Crippen LogP contribution < -0.4 is 0 Å². The molecule has 2 nitrogen and oxygen atoms in total. The monoisotopic (exact) mass is 169 g/mol. The van der Waals surface area contributed by atoms with Crippen molar-refractivity contribution in [3.05, 3.63) is 0 Å². The molecule has 0 aromatic heterocycles. The van der Waals surface area contributed by atoms with Crippen molar-refractivity contribution < 1.29 is 4.74 Å². The molecule has 2 fully saturated rings. The van der Waals surface area contributed by atoms with Crippen LogP contribution in [-0.2, 0) is 4.74 Å². The summed E-state index contributed by atoms with van der Waals surface area (Å²) in [5.74, 6) is 0. The van der Waals surface area contributed by atoms with Crippen molar-refractivity contribution >= 4 is 0 Å². The lowest BCUT2D eigenvalue weighted by atomic mass is 10.1. The van der Waals surface area contributed by atoms with Crippen LogP contribution in [0.3, 0.4) is 0 Å². The lowest BCUT2D eigenvalue weighted by Crippen LogP contribution is -2.40. The minimum Gasteiger partial charge on any atom is -0.381 e. The minimum absolute atomic E-state index is 0.830. The van der Waals surface area contributed by atoms with E-state index in [2.05, 4.69) is 11.8 Å². The average molecular weight is 169 g/mol. The molecular formula is C10H19NO. The van der Waals surface area contributed by atoms with Crippen LogP contribution >= 0.6 is 0 Å². The lowest BCUT2D eigenvalue weighted by molar-refractivity contribution is 0.0329. The van der Waals surface area contributed by atoms with Gasteiger partial charge in [0.1, 0.15) is 0 Å². The molecule has 0 spiro atoms. The number of ether oxygens (including phenoxy) is 1. The van der Waals surface area contributed by atoms with Gasteiger partial charge in [-0.05, 0) is 32.2 Å². The van der Waals surface area contributed by atoms with Crippen LogP contribution in [0, 0.1) is 0 Å². The summed E-state index contributed by atoms with van der Waals surface area (Å²) >= 11 is 0. The Labute approximate surface area is 74.9 Å². The zero-order valence-electron chi connectivity index (χ0n) is 7.96. The van der Waals surface area contributed by atoms with Gasteiger partial charge in [-0.25, -0.2) is 0 Å². The first-order valence-electron chi connectivity index (χ1n) is 5.25. The normalized spacial score (nSPS) is 26.5. The Morgan fingerprint density at radius 3 is 2.17 bits per heavy atom. The van der Waals surface area contributed by atoms with Crippen LogP contribution in [0.4, 0.5) is 0 Å². The molecule has 0 N–H and O–H groups in total. The summed E-state index contributed by atoms with van der Waals surface area (Å²) in [5.41, 5.74) is 0. The van der Waals surface area contributed by atoms with E-state index in [4.69, 9.17) is 4.74 Å². The van der Waals surface area contributed by atoms with Crippen LogP contribution in [0.5, 0.6) is 0 Å². The average Bonchev–Trinajstić information content (AvgIpc) is 2.92. The quantitative estimate of drug-likeness (QED) is 0.637. The summed E-state index contributed by atoms with van der Waals surface area (Å²) < 4.78 is 5.37. The Bertz CT molecular complexity index is 139. The highest BCUT2D eigenvalue weighted by atomic mass is 16.5. The second-order valence-corrected chi connectivity index (χ2v) is 3.91. The highest BCUT2D eigenvalue weighted by Crippen LogP contribution is 2.30. The van der Waals surface area contributed by atoms with Crippen LogP contribution in [0.1, 0.15) is 32.6 Å². The third-order valence-electron chi connectivity index (χ3n) is 3.04. The number of hydrogen-bond donors (Lipinski definition) is 0. The molecule has 2 rings (SSSR count). The summed E-state index contributed by atoms with van der Waals surface area (Å²) in [5, 5.41) is 0. The maximum absolute atomic E-state index is 5.37. The maximum Gasteiger partial charge on any atom is 0.0480 e. The van der Waals surface area contributed by atoms with E-state index in [1.165, 1.54) is 32.2 Å². The predicted molar refractivity (Wildman–Crippen MR) is 49.2 cm³/mol. The van der Waals surface area contributed by atoms with Crippen molar-refractivity contribution in [1.82, 2.24) is 4.90 Å². The minimum atomic E-state index is 0.830. The van der Waals surface area contributed by atoms with Crippen molar-refractivity contribution in [2.24, 2.45) is 0 Å². The zero-order chi connectivity index (χ0) is 8.39. The van der Waals surface area contributed by atoms with Crippen molar-refractivity contribution in [3.63, 3.8) is 0 Å². The van der Waals surface area contributed by atoms with E-state index >= 15 is 0 Å². The topological polar surface area (TPSA) is 12.5 Å². The standard InChI is InChI=1S/C10H19NO/c1-2-11(9-3-4-9)10-5-7-12-8-6-10/h9-10H,2-8H2,1H3. The van der Waals surface area contributed by atoms with Crippen LogP contribution in [0.25, 0.3) is 0 Å². The van der Waals surface area contributed by atoms with Gasteiger partial charge in [0.15, 0.2) is 0 Å². The fourth-order valence-corrected chi connectivity index (χ4v) is 2.24.